The summed E-state index contributed by atoms with van der Waals surface area (Å²) in [4.78, 5) is 38.0. The van der Waals surface area contributed by atoms with Gasteiger partial charge in [-0.05, 0) is 24.1 Å². The number of anilines is 1. The number of nitrogens with zero attached hydrogens (tertiary/aromatic N) is 1. The first-order valence-electron chi connectivity index (χ1n) is 9.50. The summed E-state index contributed by atoms with van der Waals surface area (Å²) >= 11 is 0. The molecule has 2 amide bonds. The number of carbonyl (C=O) groups is 3. The van der Waals surface area contributed by atoms with Crippen LogP contribution in [0.2, 0.25) is 0 Å². The van der Waals surface area contributed by atoms with Crippen molar-refractivity contribution in [3.63, 3.8) is 0 Å². The quantitative estimate of drug-likeness (QED) is 0.715. The molecular weight excluding hydrogens is 372 g/mol. The van der Waals surface area contributed by atoms with Crippen LogP contribution >= 0.6 is 0 Å². The van der Waals surface area contributed by atoms with Crippen LogP contribution in [-0.2, 0) is 14.4 Å². The normalized spacial score (nSPS) is 17.1. The second-order valence-electron chi connectivity index (χ2n) is 6.98. The Labute approximate surface area is 169 Å². The van der Waals surface area contributed by atoms with Gasteiger partial charge < -0.3 is 20.1 Å². The van der Waals surface area contributed by atoms with Crippen LogP contribution in [0.3, 0.4) is 0 Å². The first kappa shape index (κ1) is 20.4. The molecule has 1 aliphatic heterocycles. The molecule has 1 saturated heterocycles. The molecule has 2 aromatic rings. The van der Waals surface area contributed by atoms with Crippen LogP contribution < -0.4 is 15.0 Å². The number of carboxylic acid groups (broad SMARTS) is 1. The second-order valence-corrected chi connectivity index (χ2v) is 6.98. The smallest absolute Gasteiger partial charge is 0.303 e. The number of rotatable bonds is 8. The van der Waals surface area contributed by atoms with E-state index in [2.05, 4.69) is 5.32 Å². The summed E-state index contributed by atoms with van der Waals surface area (Å²) in [5.74, 6) is -1.25. The average Bonchev–Trinajstić information content (AvgIpc) is 3.13. The van der Waals surface area contributed by atoms with Gasteiger partial charge in [-0.1, -0.05) is 42.5 Å². The molecule has 0 aromatic heterocycles. The number of hydrogen-bond acceptors (Lipinski definition) is 4. The van der Waals surface area contributed by atoms with E-state index < -0.39 is 17.9 Å². The van der Waals surface area contributed by atoms with E-state index in [0.29, 0.717) is 11.4 Å². The lowest BCUT2D eigenvalue weighted by atomic mass is 10.00. The van der Waals surface area contributed by atoms with E-state index in [0.717, 1.165) is 5.56 Å². The first-order valence-corrected chi connectivity index (χ1v) is 9.50. The molecule has 0 saturated carbocycles. The van der Waals surface area contributed by atoms with E-state index >= 15 is 0 Å². The predicted molar refractivity (Wildman–Crippen MR) is 108 cm³/mol. The van der Waals surface area contributed by atoms with Gasteiger partial charge in [0.1, 0.15) is 5.75 Å². The Balaban J connectivity index is 1.72. The Hall–Kier alpha value is -3.35. The van der Waals surface area contributed by atoms with Crippen LogP contribution in [0.15, 0.2) is 54.6 Å². The molecule has 2 N–H and O–H groups in total. The van der Waals surface area contributed by atoms with Crippen LogP contribution in [0.4, 0.5) is 5.69 Å². The van der Waals surface area contributed by atoms with Gasteiger partial charge in [0, 0.05) is 19.4 Å². The van der Waals surface area contributed by atoms with Gasteiger partial charge in [0.25, 0.3) is 0 Å². The van der Waals surface area contributed by atoms with Gasteiger partial charge in [0.05, 0.1) is 24.8 Å². The van der Waals surface area contributed by atoms with Crippen LogP contribution in [0.25, 0.3) is 0 Å². The molecule has 29 heavy (non-hydrogen) atoms. The van der Waals surface area contributed by atoms with Gasteiger partial charge >= 0.3 is 5.97 Å². The number of benzene rings is 2. The van der Waals surface area contributed by atoms with Crippen molar-refractivity contribution in [3.05, 3.63) is 60.2 Å². The summed E-state index contributed by atoms with van der Waals surface area (Å²) in [7, 11) is 1.54. The summed E-state index contributed by atoms with van der Waals surface area (Å²) in [6.45, 7) is 0.255. The molecule has 152 valence electrons. The van der Waals surface area contributed by atoms with E-state index in [1.54, 1.807) is 17.0 Å². The summed E-state index contributed by atoms with van der Waals surface area (Å²) in [5, 5.41) is 12.0. The van der Waals surface area contributed by atoms with E-state index in [4.69, 9.17) is 9.84 Å². The molecule has 7 heteroatoms. The lowest BCUT2D eigenvalue weighted by Crippen LogP contribution is -2.36. The molecule has 2 unspecified atom stereocenters. The second kappa shape index (κ2) is 9.23. The molecule has 2 aromatic carbocycles. The van der Waals surface area contributed by atoms with Crippen molar-refractivity contribution in [2.24, 2.45) is 5.92 Å². The summed E-state index contributed by atoms with van der Waals surface area (Å²) in [5.41, 5.74) is 1.48. The summed E-state index contributed by atoms with van der Waals surface area (Å²) in [6, 6.07) is 16.0. The molecular formula is C22H24N2O5. The fourth-order valence-electron chi connectivity index (χ4n) is 3.53. The Morgan fingerprint density at radius 1 is 1.17 bits per heavy atom. The number of methoxy groups -OCH3 is 1. The maximum absolute atomic E-state index is 12.9. The summed E-state index contributed by atoms with van der Waals surface area (Å²) < 4.78 is 5.33. The fraction of sp³-hybridized carbons (Fsp3) is 0.318. The van der Waals surface area contributed by atoms with Gasteiger partial charge in [-0.25, -0.2) is 0 Å². The van der Waals surface area contributed by atoms with E-state index in [-0.39, 0.29) is 37.6 Å². The Bertz CT molecular complexity index is 884. The highest BCUT2D eigenvalue weighted by Gasteiger charge is 2.37. The maximum atomic E-state index is 12.9. The van der Waals surface area contributed by atoms with Crippen LogP contribution in [-0.4, -0.2) is 36.5 Å². The van der Waals surface area contributed by atoms with Gasteiger partial charge in [-0.3, -0.25) is 14.4 Å². The minimum absolute atomic E-state index is 0.0588. The molecule has 3 rings (SSSR count). The lowest BCUT2D eigenvalue weighted by Gasteiger charge is -2.22. The zero-order valence-electron chi connectivity index (χ0n) is 16.2. The van der Waals surface area contributed by atoms with Gasteiger partial charge in [0.2, 0.25) is 11.8 Å². The number of para-hydroxylation sites is 2. The van der Waals surface area contributed by atoms with Crippen molar-refractivity contribution in [2.75, 3.05) is 18.6 Å². The zero-order valence-corrected chi connectivity index (χ0v) is 16.2. The molecule has 2 atom stereocenters. The molecule has 0 aliphatic carbocycles. The number of hydrogen-bond donors (Lipinski definition) is 2. The standard InChI is InChI=1S/C22H24N2O5/c1-29-19-10-6-5-9-18(19)24-14-16(13-20(24)25)22(28)23-17(11-12-21(26)27)15-7-3-2-4-8-15/h2-10,16-17H,11-14H2,1H3,(H,23,28)(H,26,27). The Morgan fingerprint density at radius 2 is 1.86 bits per heavy atom. The van der Waals surface area contributed by atoms with E-state index in [1.807, 2.05) is 42.5 Å². The van der Waals surface area contributed by atoms with Crippen LogP contribution in [0.1, 0.15) is 30.9 Å². The highest BCUT2D eigenvalue weighted by atomic mass is 16.5. The van der Waals surface area contributed by atoms with Gasteiger partial charge in [-0.15, -0.1) is 0 Å². The third kappa shape index (κ3) is 4.93. The van der Waals surface area contributed by atoms with Crippen molar-refractivity contribution in [1.29, 1.82) is 0 Å². The molecule has 1 heterocycles. The summed E-state index contributed by atoms with van der Waals surface area (Å²) in [6.07, 6.45) is 0.322. The molecule has 0 bridgehead atoms. The first-order chi connectivity index (χ1) is 14.0. The molecule has 1 fully saturated rings. The van der Waals surface area contributed by atoms with E-state index in [1.165, 1.54) is 7.11 Å². The maximum Gasteiger partial charge on any atom is 0.303 e. The third-order valence-electron chi connectivity index (χ3n) is 5.04. The highest BCUT2D eigenvalue weighted by Crippen LogP contribution is 2.33. The minimum Gasteiger partial charge on any atom is -0.495 e. The van der Waals surface area contributed by atoms with E-state index in [9.17, 15) is 14.4 Å². The average molecular weight is 396 g/mol. The van der Waals surface area contributed by atoms with Crippen molar-refractivity contribution < 1.29 is 24.2 Å². The largest absolute Gasteiger partial charge is 0.495 e. The van der Waals surface area contributed by atoms with Crippen LogP contribution in [0, 0.1) is 5.92 Å². The van der Waals surface area contributed by atoms with Crippen molar-refractivity contribution in [3.8, 4) is 5.75 Å². The van der Waals surface area contributed by atoms with Crippen molar-refractivity contribution >= 4 is 23.5 Å². The number of aliphatic carboxylic acids is 1. The lowest BCUT2D eigenvalue weighted by molar-refractivity contribution is -0.137. The van der Waals surface area contributed by atoms with Crippen molar-refractivity contribution in [2.45, 2.75) is 25.3 Å². The number of carbonyl (C=O) groups excluding carboxylic acids is 2. The number of amides is 2. The molecule has 7 nitrogen and oxygen atoms in total. The zero-order chi connectivity index (χ0) is 20.8. The Morgan fingerprint density at radius 3 is 2.55 bits per heavy atom. The number of carboxylic acids is 1. The van der Waals surface area contributed by atoms with Crippen LogP contribution in [0.5, 0.6) is 5.75 Å². The molecule has 0 spiro atoms. The fourth-order valence-corrected chi connectivity index (χ4v) is 3.53. The van der Waals surface area contributed by atoms with Gasteiger partial charge in [0.15, 0.2) is 0 Å². The van der Waals surface area contributed by atoms with Gasteiger partial charge in [-0.2, -0.15) is 0 Å². The third-order valence-corrected chi connectivity index (χ3v) is 5.04. The topological polar surface area (TPSA) is 95.9 Å². The molecule has 0 radical (unpaired) electrons. The number of nitrogens with one attached hydrogen (secondary N) is 1. The SMILES string of the molecule is COc1ccccc1N1CC(C(=O)NC(CCC(=O)O)c2ccccc2)CC1=O. The molecule has 1 aliphatic rings. The Kier molecular flexibility index (Phi) is 6.49. The predicted octanol–water partition coefficient (Wildman–Crippen LogP) is 2.77. The highest BCUT2D eigenvalue weighted by molar-refractivity contribution is 6.01. The van der Waals surface area contributed by atoms with Crippen molar-refractivity contribution in [1.82, 2.24) is 5.32 Å². The monoisotopic (exact) mass is 396 g/mol. The minimum atomic E-state index is -0.918. The number of ether oxygens (including phenoxy) is 1.